The van der Waals surface area contributed by atoms with E-state index in [0.717, 1.165) is 12.1 Å². The molecule has 18 heavy (non-hydrogen) atoms. The van der Waals surface area contributed by atoms with Gasteiger partial charge in [0.2, 0.25) is 0 Å². The summed E-state index contributed by atoms with van der Waals surface area (Å²) in [5.41, 5.74) is 2.42. The van der Waals surface area contributed by atoms with Crippen LogP contribution in [0.3, 0.4) is 0 Å². The normalized spacial score (nSPS) is 15.6. The number of hydrogen-bond donors (Lipinski definition) is 1. The number of amides is 1. The molecule has 0 atom stereocenters. The number of carbonyl (C=O) groups excluding carboxylic acids is 1. The van der Waals surface area contributed by atoms with Gasteiger partial charge >= 0.3 is 6.09 Å². The Morgan fingerprint density at radius 2 is 1.83 bits per heavy atom. The number of nitrogens with zero attached hydrogens (tertiary/aromatic N) is 1. The number of ether oxygens (including phenoxy) is 1. The zero-order valence-electron chi connectivity index (χ0n) is 10.8. The summed E-state index contributed by atoms with van der Waals surface area (Å²) >= 11 is 0. The fourth-order valence-corrected chi connectivity index (χ4v) is 2.21. The number of benzene rings is 1. The van der Waals surface area contributed by atoms with Crippen LogP contribution >= 0.6 is 0 Å². The third-order valence-electron chi connectivity index (χ3n) is 3.25. The van der Waals surface area contributed by atoms with Crippen molar-refractivity contribution >= 4 is 6.09 Å². The van der Waals surface area contributed by atoms with Crippen LogP contribution in [0.4, 0.5) is 4.79 Å². The lowest BCUT2D eigenvalue weighted by Crippen LogP contribution is -2.22. The second-order valence-electron chi connectivity index (χ2n) is 4.64. The molecule has 0 aromatic heterocycles. The first-order valence-corrected chi connectivity index (χ1v) is 6.40. The number of alkyl carbamates (subject to hydrolysis) is 1. The van der Waals surface area contributed by atoms with Crippen LogP contribution in [0.1, 0.15) is 24.0 Å². The maximum Gasteiger partial charge on any atom is 0.407 e. The third-order valence-corrected chi connectivity index (χ3v) is 3.25. The summed E-state index contributed by atoms with van der Waals surface area (Å²) < 4.78 is 4.53. The zero-order chi connectivity index (χ0) is 12.8. The number of nitrogens with one attached hydrogen (secondary N) is 1. The molecular weight excluding hydrogens is 228 g/mol. The van der Waals surface area contributed by atoms with Gasteiger partial charge in [0.05, 0.1) is 7.11 Å². The minimum atomic E-state index is -0.392. The van der Waals surface area contributed by atoms with Crippen LogP contribution in [0.25, 0.3) is 0 Å². The van der Waals surface area contributed by atoms with Gasteiger partial charge in [-0.15, -0.1) is 0 Å². The number of methoxy groups -OCH3 is 1. The predicted octanol–water partition coefficient (Wildman–Crippen LogP) is 2.14. The van der Waals surface area contributed by atoms with Gasteiger partial charge in [0.1, 0.15) is 0 Å². The fraction of sp³-hybridized carbons (Fsp3) is 0.500. The Labute approximate surface area is 108 Å². The van der Waals surface area contributed by atoms with E-state index in [1.807, 2.05) is 0 Å². The Morgan fingerprint density at radius 1 is 1.22 bits per heavy atom. The molecule has 1 amide bonds. The quantitative estimate of drug-likeness (QED) is 0.887. The van der Waals surface area contributed by atoms with Crippen LogP contribution in [0.2, 0.25) is 0 Å². The van der Waals surface area contributed by atoms with Gasteiger partial charge < -0.3 is 10.1 Å². The van der Waals surface area contributed by atoms with Crippen molar-refractivity contribution in [3.63, 3.8) is 0 Å². The van der Waals surface area contributed by atoms with Crippen LogP contribution in [0, 0.1) is 0 Å². The molecule has 0 bridgehead atoms. The summed E-state index contributed by atoms with van der Waals surface area (Å²) in [5.74, 6) is 0. The smallest absolute Gasteiger partial charge is 0.407 e. The van der Waals surface area contributed by atoms with Gasteiger partial charge in [-0.2, -0.15) is 0 Å². The van der Waals surface area contributed by atoms with Crippen molar-refractivity contribution in [2.24, 2.45) is 0 Å². The standard InChI is InChI=1S/C14H20N2O2/c1-18-14(17)15-10-12-4-6-13(7-5-12)11-16-8-2-3-9-16/h4-7H,2-3,8-11H2,1H3,(H,15,17). The van der Waals surface area contributed by atoms with Crippen molar-refractivity contribution in [1.29, 1.82) is 0 Å². The fourth-order valence-electron chi connectivity index (χ4n) is 2.21. The molecule has 0 spiro atoms. The van der Waals surface area contributed by atoms with E-state index in [0.29, 0.717) is 6.54 Å². The second kappa shape index (κ2) is 6.40. The highest BCUT2D eigenvalue weighted by molar-refractivity contribution is 5.66. The van der Waals surface area contributed by atoms with Crippen LogP contribution in [0.5, 0.6) is 0 Å². The molecule has 2 rings (SSSR count). The van der Waals surface area contributed by atoms with Crippen LogP contribution in [-0.4, -0.2) is 31.2 Å². The lowest BCUT2D eigenvalue weighted by molar-refractivity contribution is 0.170. The van der Waals surface area contributed by atoms with E-state index < -0.39 is 6.09 Å². The van der Waals surface area contributed by atoms with Crippen molar-refractivity contribution in [2.75, 3.05) is 20.2 Å². The van der Waals surface area contributed by atoms with E-state index in [1.165, 1.54) is 38.6 Å². The van der Waals surface area contributed by atoms with Gasteiger partial charge in [0, 0.05) is 13.1 Å². The number of likely N-dealkylation sites (tertiary alicyclic amines) is 1. The molecular formula is C14H20N2O2. The molecule has 1 fully saturated rings. The van der Waals surface area contributed by atoms with Crippen molar-refractivity contribution in [1.82, 2.24) is 10.2 Å². The highest BCUT2D eigenvalue weighted by atomic mass is 16.5. The molecule has 0 radical (unpaired) electrons. The molecule has 1 saturated heterocycles. The number of hydrogen-bond acceptors (Lipinski definition) is 3. The molecule has 1 aliphatic heterocycles. The Bertz CT molecular complexity index is 383. The summed E-state index contributed by atoms with van der Waals surface area (Å²) in [5, 5.41) is 2.67. The minimum absolute atomic E-state index is 0.392. The van der Waals surface area contributed by atoms with Gasteiger partial charge in [-0.25, -0.2) is 4.79 Å². The van der Waals surface area contributed by atoms with Gasteiger partial charge in [0.25, 0.3) is 0 Å². The first-order chi connectivity index (χ1) is 8.78. The maximum absolute atomic E-state index is 10.9. The highest BCUT2D eigenvalue weighted by Crippen LogP contribution is 2.13. The van der Waals surface area contributed by atoms with Crippen molar-refractivity contribution in [2.45, 2.75) is 25.9 Å². The molecule has 1 N–H and O–H groups in total. The molecule has 1 aromatic carbocycles. The SMILES string of the molecule is COC(=O)NCc1ccc(CN2CCCC2)cc1. The predicted molar refractivity (Wildman–Crippen MR) is 70.2 cm³/mol. The summed E-state index contributed by atoms with van der Waals surface area (Å²) in [6.07, 6.45) is 2.25. The largest absolute Gasteiger partial charge is 0.453 e. The van der Waals surface area contributed by atoms with Crippen LogP contribution in [-0.2, 0) is 17.8 Å². The molecule has 4 nitrogen and oxygen atoms in total. The first kappa shape index (κ1) is 12.9. The van der Waals surface area contributed by atoms with Gasteiger partial charge in [-0.3, -0.25) is 4.90 Å². The van der Waals surface area contributed by atoms with E-state index in [9.17, 15) is 4.79 Å². The van der Waals surface area contributed by atoms with Gasteiger partial charge in [-0.05, 0) is 37.1 Å². The van der Waals surface area contributed by atoms with E-state index in [2.05, 4.69) is 39.2 Å². The van der Waals surface area contributed by atoms with Crippen molar-refractivity contribution in [3.8, 4) is 0 Å². The monoisotopic (exact) mass is 248 g/mol. The van der Waals surface area contributed by atoms with Crippen molar-refractivity contribution < 1.29 is 9.53 Å². The maximum atomic E-state index is 10.9. The van der Waals surface area contributed by atoms with E-state index in [4.69, 9.17) is 0 Å². The Kier molecular flexibility index (Phi) is 4.59. The lowest BCUT2D eigenvalue weighted by Gasteiger charge is -2.14. The molecule has 1 heterocycles. The van der Waals surface area contributed by atoms with E-state index in [1.54, 1.807) is 0 Å². The molecule has 1 aromatic rings. The molecule has 1 aliphatic rings. The lowest BCUT2D eigenvalue weighted by atomic mass is 10.1. The van der Waals surface area contributed by atoms with Crippen molar-refractivity contribution in [3.05, 3.63) is 35.4 Å². The second-order valence-corrected chi connectivity index (χ2v) is 4.64. The Balaban J connectivity index is 1.82. The third kappa shape index (κ3) is 3.74. The molecule has 0 saturated carbocycles. The Hall–Kier alpha value is -1.55. The number of carbonyl (C=O) groups is 1. The number of rotatable bonds is 4. The van der Waals surface area contributed by atoms with Gasteiger partial charge in [-0.1, -0.05) is 24.3 Å². The Morgan fingerprint density at radius 3 is 2.44 bits per heavy atom. The summed E-state index contributed by atoms with van der Waals surface area (Å²) in [4.78, 5) is 13.4. The first-order valence-electron chi connectivity index (χ1n) is 6.40. The summed E-state index contributed by atoms with van der Waals surface area (Å²) in [6, 6.07) is 8.38. The van der Waals surface area contributed by atoms with Gasteiger partial charge in [0.15, 0.2) is 0 Å². The molecule has 4 heteroatoms. The van der Waals surface area contributed by atoms with E-state index in [-0.39, 0.29) is 0 Å². The summed E-state index contributed by atoms with van der Waals surface area (Å²) in [6.45, 7) is 3.97. The van der Waals surface area contributed by atoms with Crippen LogP contribution in [0.15, 0.2) is 24.3 Å². The minimum Gasteiger partial charge on any atom is -0.453 e. The molecule has 0 unspecified atom stereocenters. The zero-order valence-corrected chi connectivity index (χ0v) is 10.8. The average Bonchev–Trinajstić information content (AvgIpc) is 2.90. The van der Waals surface area contributed by atoms with Crippen LogP contribution < -0.4 is 5.32 Å². The highest BCUT2D eigenvalue weighted by Gasteiger charge is 2.11. The summed E-state index contributed by atoms with van der Waals surface area (Å²) in [7, 11) is 1.37. The average molecular weight is 248 g/mol. The topological polar surface area (TPSA) is 41.6 Å². The van der Waals surface area contributed by atoms with E-state index >= 15 is 0 Å². The molecule has 0 aliphatic carbocycles. The molecule has 98 valence electrons.